The third-order valence-electron chi connectivity index (χ3n) is 5.82. The van der Waals surface area contributed by atoms with Gasteiger partial charge in [0.1, 0.15) is 5.82 Å². The van der Waals surface area contributed by atoms with Crippen LogP contribution in [0.25, 0.3) is 0 Å². The number of aromatic nitrogens is 1. The minimum Gasteiger partial charge on any atom is -0.353 e. The second-order valence-corrected chi connectivity index (χ2v) is 7.64. The predicted octanol–water partition coefficient (Wildman–Crippen LogP) is 2.53. The van der Waals surface area contributed by atoms with Gasteiger partial charge in [-0.1, -0.05) is 36.4 Å². The van der Waals surface area contributed by atoms with E-state index in [1.165, 1.54) is 11.1 Å². The minimum absolute atomic E-state index is 0.265. The Balaban J connectivity index is 1.27. The Morgan fingerprint density at radius 1 is 1.04 bits per heavy atom. The van der Waals surface area contributed by atoms with Gasteiger partial charge in [-0.15, -0.1) is 0 Å². The van der Waals surface area contributed by atoms with Crippen molar-refractivity contribution in [3.05, 3.63) is 59.8 Å². The zero-order valence-electron chi connectivity index (χ0n) is 16.1. The Morgan fingerprint density at radius 3 is 2.56 bits per heavy atom. The maximum atomic E-state index is 12.8. The van der Waals surface area contributed by atoms with E-state index in [0.717, 1.165) is 51.5 Å². The number of likely N-dealkylation sites (tertiary alicyclic amines) is 1. The van der Waals surface area contributed by atoms with Crippen LogP contribution in [0.4, 0.5) is 5.82 Å². The van der Waals surface area contributed by atoms with Gasteiger partial charge < -0.3 is 9.80 Å². The second kappa shape index (κ2) is 8.09. The Bertz CT molecular complexity index is 771. The van der Waals surface area contributed by atoms with Crippen molar-refractivity contribution in [3.63, 3.8) is 0 Å². The van der Waals surface area contributed by atoms with Gasteiger partial charge in [0.05, 0.1) is 6.54 Å². The lowest BCUT2D eigenvalue weighted by Crippen LogP contribution is -2.51. The van der Waals surface area contributed by atoms with Crippen LogP contribution in [0.2, 0.25) is 0 Å². The molecule has 2 saturated heterocycles. The first-order valence-corrected chi connectivity index (χ1v) is 9.92. The summed E-state index contributed by atoms with van der Waals surface area (Å²) in [6, 6.07) is 14.7. The maximum absolute atomic E-state index is 12.8. The smallest absolute Gasteiger partial charge is 0.236 e. The largest absolute Gasteiger partial charge is 0.353 e. The number of piperazine rings is 1. The molecule has 5 heteroatoms. The summed E-state index contributed by atoms with van der Waals surface area (Å²) in [7, 11) is 0. The Hall–Kier alpha value is -2.40. The molecule has 1 unspecified atom stereocenters. The summed E-state index contributed by atoms with van der Waals surface area (Å²) in [6.45, 7) is 7.92. The highest BCUT2D eigenvalue weighted by atomic mass is 16.2. The molecular weight excluding hydrogens is 336 g/mol. The Morgan fingerprint density at radius 2 is 1.81 bits per heavy atom. The van der Waals surface area contributed by atoms with Crippen molar-refractivity contribution in [2.45, 2.75) is 19.3 Å². The van der Waals surface area contributed by atoms with Gasteiger partial charge >= 0.3 is 0 Å². The number of rotatable bonds is 4. The quantitative estimate of drug-likeness (QED) is 0.836. The van der Waals surface area contributed by atoms with Crippen LogP contribution >= 0.6 is 0 Å². The summed E-state index contributed by atoms with van der Waals surface area (Å²) in [5, 5.41) is 0. The van der Waals surface area contributed by atoms with Gasteiger partial charge in [-0.05, 0) is 43.0 Å². The van der Waals surface area contributed by atoms with Gasteiger partial charge in [-0.2, -0.15) is 0 Å². The zero-order chi connectivity index (χ0) is 18.6. The maximum Gasteiger partial charge on any atom is 0.236 e. The summed E-state index contributed by atoms with van der Waals surface area (Å²) in [5.74, 6) is 1.87. The molecule has 1 amide bonds. The molecule has 3 heterocycles. The molecule has 2 aliphatic heterocycles. The fourth-order valence-corrected chi connectivity index (χ4v) is 4.24. The van der Waals surface area contributed by atoms with E-state index in [9.17, 15) is 4.79 Å². The average molecular weight is 364 g/mol. The Labute approximate surface area is 161 Å². The number of benzene rings is 1. The van der Waals surface area contributed by atoms with Gasteiger partial charge in [0.25, 0.3) is 0 Å². The third-order valence-corrected chi connectivity index (χ3v) is 5.82. The molecule has 0 N–H and O–H groups in total. The topological polar surface area (TPSA) is 39.7 Å². The lowest BCUT2D eigenvalue weighted by molar-refractivity contribution is -0.132. The normalized spacial score (nSPS) is 20.9. The molecule has 1 aromatic heterocycles. The number of nitrogens with zero attached hydrogens (tertiary/aromatic N) is 4. The molecule has 142 valence electrons. The molecule has 1 aromatic carbocycles. The number of aryl methyl sites for hydroxylation is 1. The average Bonchev–Trinajstić information content (AvgIpc) is 3.18. The van der Waals surface area contributed by atoms with Gasteiger partial charge in [-0.3, -0.25) is 9.69 Å². The molecule has 0 spiro atoms. The summed E-state index contributed by atoms with van der Waals surface area (Å²) in [4.78, 5) is 23.9. The van der Waals surface area contributed by atoms with E-state index in [-0.39, 0.29) is 5.91 Å². The van der Waals surface area contributed by atoms with E-state index in [2.05, 4.69) is 58.1 Å². The highest BCUT2D eigenvalue weighted by molar-refractivity contribution is 5.78. The molecule has 2 aromatic rings. The third kappa shape index (κ3) is 4.14. The minimum atomic E-state index is 0.265. The first kappa shape index (κ1) is 18.0. The number of hydrogen-bond acceptors (Lipinski definition) is 4. The number of carbonyl (C=O) groups excluding carboxylic acids is 1. The van der Waals surface area contributed by atoms with E-state index >= 15 is 0 Å². The molecule has 0 aliphatic carbocycles. The summed E-state index contributed by atoms with van der Waals surface area (Å²) in [6.07, 6.45) is 2.99. The van der Waals surface area contributed by atoms with E-state index in [4.69, 9.17) is 0 Å². The molecule has 2 aliphatic rings. The van der Waals surface area contributed by atoms with E-state index in [1.807, 2.05) is 17.2 Å². The zero-order valence-corrected chi connectivity index (χ0v) is 16.1. The van der Waals surface area contributed by atoms with Gasteiger partial charge in [0, 0.05) is 38.9 Å². The molecule has 1 atom stereocenters. The van der Waals surface area contributed by atoms with Crippen molar-refractivity contribution in [2.24, 2.45) is 0 Å². The van der Waals surface area contributed by atoms with Crippen molar-refractivity contribution in [3.8, 4) is 0 Å². The van der Waals surface area contributed by atoms with E-state index in [0.29, 0.717) is 12.5 Å². The second-order valence-electron chi connectivity index (χ2n) is 7.64. The van der Waals surface area contributed by atoms with Crippen molar-refractivity contribution in [1.82, 2.24) is 14.8 Å². The predicted molar refractivity (Wildman–Crippen MR) is 108 cm³/mol. The van der Waals surface area contributed by atoms with Crippen LogP contribution in [0, 0.1) is 6.92 Å². The van der Waals surface area contributed by atoms with Crippen molar-refractivity contribution < 1.29 is 4.79 Å². The number of amides is 1. The van der Waals surface area contributed by atoms with E-state index in [1.54, 1.807) is 0 Å². The van der Waals surface area contributed by atoms with Crippen molar-refractivity contribution in [2.75, 3.05) is 50.7 Å². The molecule has 4 rings (SSSR count). The van der Waals surface area contributed by atoms with Crippen LogP contribution < -0.4 is 4.90 Å². The standard InChI is InChI=1S/C22H28N4O/c1-18-6-5-10-23-22(18)26-14-12-25(13-15-26)21(27)17-24-11-9-20(16-24)19-7-3-2-4-8-19/h2-8,10,20H,9,11-17H2,1H3. The molecule has 5 nitrogen and oxygen atoms in total. The number of pyridine rings is 1. The van der Waals surface area contributed by atoms with Crippen LogP contribution in [0.3, 0.4) is 0 Å². The van der Waals surface area contributed by atoms with Gasteiger partial charge in [-0.25, -0.2) is 4.98 Å². The summed E-state index contributed by atoms with van der Waals surface area (Å²) >= 11 is 0. The van der Waals surface area contributed by atoms with Crippen LogP contribution in [-0.4, -0.2) is 66.5 Å². The van der Waals surface area contributed by atoms with Crippen LogP contribution in [0.1, 0.15) is 23.5 Å². The molecule has 0 radical (unpaired) electrons. The van der Waals surface area contributed by atoms with Gasteiger partial charge in [0.15, 0.2) is 0 Å². The number of hydrogen-bond donors (Lipinski definition) is 0. The first-order valence-electron chi connectivity index (χ1n) is 9.92. The number of anilines is 1. The van der Waals surface area contributed by atoms with Gasteiger partial charge in [0.2, 0.25) is 5.91 Å². The summed E-state index contributed by atoms with van der Waals surface area (Å²) in [5.41, 5.74) is 2.59. The highest BCUT2D eigenvalue weighted by Gasteiger charge is 2.28. The van der Waals surface area contributed by atoms with E-state index < -0.39 is 0 Å². The van der Waals surface area contributed by atoms with Crippen LogP contribution in [0.5, 0.6) is 0 Å². The molecule has 0 saturated carbocycles. The van der Waals surface area contributed by atoms with Crippen molar-refractivity contribution in [1.29, 1.82) is 0 Å². The molecule has 2 fully saturated rings. The first-order chi connectivity index (χ1) is 13.2. The molecular formula is C22H28N4O. The number of carbonyl (C=O) groups is 1. The lowest BCUT2D eigenvalue weighted by atomic mass is 9.99. The lowest BCUT2D eigenvalue weighted by Gasteiger charge is -2.36. The Kier molecular flexibility index (Phi) is 5.39. The van der Waals surface area contributed by atoms with Crippen molar-refractivity contribution >= 4 is 11.7 Å². The van der Waals surface area contributed by atoms with Crippen LogP contribution in [-0.2, 0) is 4.79 Å². The molecule has 27 heavy (non-hydrogen) atoms. The fourth-order valence-electron chi connectivity index (χ4n) is 4.24. The SMILES string of the molecule is Cc1cccnc1N1CCN(C(=O)CN2CCC(c3ccccc3)C2)CC1. The van der Waals surface area contributed by atoms with Crippen LogP contribution in [0.15, 0.2) is 48.7 Å². The fraction of sp³-hybridized carbons (Fsp3) is 0.455. The monoisotopic (exact) mass is 364 g/mol. The summed E-state index contributed by atoms with van der Waals surface area (Å²) < 4.78 is 0. The molecule has 0 bridgehead atoms. The highest BCUT2D eigenvalue weighted by Crippen LogP contribution is 2.27.